The summed E-state index contributed by atoms with van der Waals surface area (Å²) in [5, 5.41) is 3.06. The fourth-order valence-corrected chi connectivity index (χ4v) is 4.21. The van der Waals surface area contributed by atoms with Crippen LogP contribution in [0.15, 0.2) is 6.20 Å². The number of carbonyl (C=O) groups is 1. The van der Waals surface area contributed by atoms with Crippen molar-refractivity contribution >= 4 is 11.7 Å². The van der Waals surface area contributed by atoms with Crippen molar-refractivity contribution in [1.82, 2.24) is 20.2 Å². The molecule has 1 N–H and O–H groups in total. The highest BCUT2D eigenvalue weighted by Crippen LogP contribution is 2.42. The van der Waals surface area contributed by atoms with Crippen molar-refractivity contribution < 1.29 is 22.7 Å². The highest BCUT2D eigenvalue weighted by molar-refractivity contribution is 5.96. The van der Waals surface area contributed by atoms with E-state index in [1.165, 1.54) is 11.1 Å². The number of carbonyl (C=O) groups excluding carboxylic acids is 1. The second-order valence-electron chi connectivity index (χ2n) is 8.59. The Bertz CT molecular complexity index is 774. The van der Waals surface area contributed by atoms with E-state index in [1.54, 1.807) is 0 Å². The third-order valence-electron chi connectivity index (χ3n) is 6.08. The third kappa shape index (κ3) is 4.41. The van der Waals surface area contributed by atoms with Crippen molar-refractivity contribution in [2.24, 2.45) is 0 Å². The Morgan fingerprint density at radius 2 is 1.97 bits per heavy atom. The summed E-state index contributed by atoms with van der Waals surface area (Å²) in [5.41, 5.74) is -0.178. The number of alkyl halides is 3. The van der Waals surface area contributed by atoms with Crippen LogP contribution in [0.1, 0.15) is 50.3 Å². The number of rotatable bonds is 5. The van der Waals surface area contributed by atoms with Gasteiger partial charge in [-0.15, -0.1) is 0 Å². The van der Waals surface area contributed by atoms with Crippen LogP contribution >= 0.6 is 0 Å². The monoisotopic (exact) mass is 413 g/mol. The molecule has 0 bridgehead atoms. The average molecular weight is 413 g/mol. The molecule has 2 amide bonds. The van der Waals surface area contributed by atoms with Gasteiger partial charge in [0.25, 0.3) is 0 Å². The van der Waals surface area contributed by atoms with Crippen molar-refractivity contribution in [3.63, 3.8) is 0 Å². The van der Waals surface area contributed by atoms with Gasteiger partial charge < -0.3 is 15.0 Å². The number of halogens is 3. The van der Waals surface area contributed by atoms with Crippen molar-refractivity contribution in [3.05, 3.63) is 12.0 Å². The first-order chi connectivity index (χ1) is 13.7. The highest BCUT2D eigenvalue weighted by atomic mass is 19.4. The minimum Gasteiger partial charge on any atom is -0.466 e. The molecule has 29 heavy (non-hydrogen) atoms. The molecule has 7 nitrogen and oxygen atoms in total. The molecule has 3 fully saturated rings. The van der Waals surface area contributed by atoms with Gasteiger partial charge >= 0.3 is 12.2 Å². The average Bonchev–Trinajstić information content (AvgIpc) is 3.45. The quantitative estimate of drug-likeness (QED) is 0.804. The summed E-state index contributed by atoms with van der Waals surface area (Å²) >= 11 is 0. The van der Waals surface area contributed by atoms with Crippen LogP contribution in [-0.2, 0) is 0 Å². The van der Waals surface area contributed by atoms with E-state index >= 15 is 0 Å². The lowest BCUT2D eigenvalue weighted by molar-refractivity contribution is -0.154. The molecule has 2 saturated carbocycles. The molecule has 1 saturated heterocycles. The summed E-state index contributed by atoms with van der Waals surface area (Å²) in [5.74, 6) is 0.470. The fourth-order valence-electron chi connectivity index (χ4n) is 4.21. The van der Waals surface area contributed by atoms with Gasteiger partial charge in [-0.05, 0) is 52.6 Å². The molecule has 0 radical (unpaired) electrons. The van der Waals surface area contributed by atoms with Crippen LogP contribution in [0.5, 0.6) is 5.88 Å². The lowest BCUT2D eigenvalue weighted by Crippen LogP contribution is -2.49. The Hall–Kier alpha value is -2.10. The number of hydrogen-bond acceptors (Lipinski definition) is 5. The van der Waals surface area contributed by atoms with Gasteiger partial charge in [-0.3, -0.25) is 4.90 Å². The van der Waals surface area contributed by atoms with Crippen molar-refractivity contribution in [1.29, 1.82) is 0 Å². The van der Waals surface area contributed by atoms with E-state index in [1.807, 2.05) is 14.1 Å². The standard InChI is InChI=1S/C19H26F3N5O2/c1-26(2)13-5-7-18(8-6-13)10-27(17(28)25-18)14-9-23-15(12-3-4-12)24-16(14)29-11-19(20,21)22/h9,12-13H,3-8,10-11H2,1-2H3,(H,25,28). The molecule has 0 unspecified atom stereocenters. The Balaban J connectivity index is 1.55. The number of hydrogen-bond donors (Lipinski definition) is 1. The van der Waals surface area contributed by atoms with Gasteiger partial charge in [0.2, 0.25) is 5.88 Å². The van der Waals surface area contributed by atoms with Crippen LogP contribution in [0.2, 0.25) is 0 Å². The fraction of sp³-hybridized carbons (Fsp3) is 0.737. The van der Waals surface area contributed by atoms with Crippen molar-refractivity contribution in [2.75, 3.05) is 32.1 Å². The first-order valence-electron chi connectivity index (χ1n) is 9.98. The molecule has 1 aliphatic heterocycles. The van der Waals surface area contributed by atoms with E-state index in [2.05, 4.69) is 20.2 Å². The number of aromatic nitrogens is 2. The predicted molar refractivity (Wildman–Crippen MR) is 100 cm³/mol. The molecule has 1 aromatic rings. The van der Waals surface area contributed by atoms with E-state index in [-0.39, 0.29) is 29.1 Å². The lowest BCUT2D eigenvalue weighted by atomic mass is 9.79. The number of urea groups is 1. The van der Waals surface area contributed by atoms with Gasteiger partial charge in [0.05, 0.1) is 18.3 Å². The zero-order chi connectivity index (χ0) is 20.8. The Morgan fingerprint density at radius 1 is 1.28 bits per heavy atom. The Morgan fingerprint density at radius 3 is 2.55 bits per heavy atom. The minimum atomic E-state index is -4.49. The van der Waals surface area contributed by atoms with Gasteiger partial charge in [0, 0.05) is 12.0 Å². The second-order valence-corrected chi connectivity index (χ2v) is 8.59. The topological polar surface area (TPSA) is 70.6 Å². The third-order valence-corrected chi connectivity index (χ3v) is 6.08. The molecule has 1 aromatic heterocycles. The summed E-state index contributed by atoms with van der Waals surface area (Å²) < 4.78 is 43.2. The van der Waals surface area contributed by atoms with Crippen LogP contribution in [0.3, 0.4) is 0 Å². The van der Waals surface area contributed by atoms with Crippen LogP contribution < -0.4 is 15.0 Å². The van der Waals surface area contributed by atoms with E-state index in [4.69, 9.17) is 4.74 Å². The number of ether oxygens (including phenoxy) is 1. The van der Waals surface area contributed by atoms with Gasteiger partial charge in [-0.25, -0.2) is 9.78 Å². The van der Waals surface area contributed by atoms with Gasteiger partial charge in [-0.2, -0.15) is 18.2 Å². The van der Waals surface area contributed by atoms with Crippen LogP contribution in [-0.4, -0.2) is 65.9 Å². The number of anilines is 1. The number of nitrogens with one attached hydrogen (secondary N) is 1. The van der Waals surface area contributed by atoms with Gasteiger partial charge in [0.15, 0.2) is 6.61 Å². The summed E-state index contributed by atoms with van der Waals surface area (Å²) in [7, 11) is 4.09. The van der Waals surface area contributed by atoms with Crippen molar-refractivity contribution in [3.8, 4) is 5.88 Å². The molecule has 0 aromatic carbocycles. The molecule has 10 heteroatoms. The molecular formula is C19H26F3N5O2. The number of nitrogens with zero attached hydrogens (tertiary/aromatic N) is 4. The van der Waals surface area contributed by atoms with Crippen LogP contribution in [0.25, 0.3) is 0 Å². The van der Waals surface area contributed by atoms with E-state index in [0.29, 0.717) is 18.4 Å². The zero-order valence-corrected chi connectivity index (χ0v) is 16.6. The first kappa shape index (κ1) is 20.2. The SMILES string of the molecule is CN(C)C1CCC2(CC1)CN(c1cnc(C3CC3)nc1OCC(F)(F)F)C(=O)N2. The summed E-state index contributed by atoms with van der Waals surface area (Å²) in [4.78, 5) is 24.9. The minimum absolute atomic E-state index is 0.164. The normalized spacial score (nSPS) is 27.6. The first-order valence-corrected chi connectivity index (χ1v) is 9.98. The molecule has 1 spiro atoms. The molecule has 0 atom stereocenters. The summed E-state index contributed by atoms with van der Waals surface area (Å²) in [6.45, 7) is -1.08. The molecule has 2 heterocycles. The second kappa shape index (κ2) is 7.30. The predicted octanol–water partition coefficient (Wildman–Crippen LogP) is 3.07. The lowest BCUT2D eigenvalue weighted by Gasteiger charge is -2.39. The Labute approximate surface area is 167 Å². The number of amides is 2. The molecule has 160 valence electrons. The Kier molecular flexibility index (Phi) is 5.08. The highest BCUT2D eigenvalue weighted by Gasteiger charge is 2.46. The van der Waals surface area contributed by atoms with Crippen molar-refractivity contribution in [2.45, 2.75) is 62.2 Å². The molecule has 2 aliphatic carbocycles. The van der Waals surface area contributed by atoms with Crippen LogP contribution in [0, 0.1) is 0 Å². The summed E-state index contributed by atoms with van der Waals surface area (Å²) in [6, 6.07) is 0.131. The molecule has 4 rings (SSSR count). The summed E-state index contributed by atoms with van der Waals surface area (Å²) in [6.07, 6.45) is 2.31. The van der Waals surface area contributed by atoms with E-state index in [0.717, 1.165) is 38.5 Å². The maximum absolute atomic E-state index is 12.7. The van der Waals surface area contributed by atoms with Gasteiger partial charge in [0.1, 0.15) is 11.5 Å². The zero-order valence-electron chi connectivity index (χ0n) is 16.6. The molecular weight excluding hydrogens is 387 g/mol. The molecule has 3 aliphatic rings. The van der Waals surface area contributed by atoms with Gasteiger partial charge in [-0.1, -0.05) is 0 Å². The van der Waals surface area contributed by atoms with E-state index < -0.39 is 12.8 Å². The smallest absolute Gasteiger partial charge is 0.422 e. The maximum atomic E-state index is 12.7. The van der Waals surface area contributed by atoms with Crippen LogP contribution in [0.4, 0.5) is 23.7 Å². The maximum Gasteiger partial charge on any atom is 0.422 e. The largest absolute Gasteiger partial charge is 0.466 e. The van der Waals surface area contributed by atoms with E-state index in [9.17, 15) is 18.0 Å².